The van der Waals surface area contributed by atoms with Gasteiger partial charge in [-0.3, -0.25) is 9.67 Å². The zero-order valence-electron chi connectivity index (χ0n) is 9.81. The van der Waals surface area contributed by atoms with Crippen molar-refractivity contribution in [2.24, 2.45) is 7.05 Å². The molecular formula is C12H16N4. The van der Waals surface area contributed by atoms with Crippen molar-refractivity contribution in [3.8, 4) is 11.3 Å². The fraction of sp³-hybridized carbons (Fsp3) is 0.333. The van der Waals surface area contributed by atoms with Crippen molar-refractivity contribution >= 4 is 5.82 Å². The molecule has 0 amide bonds. The fourth-order valence-corrected chi connectivity index (χ4v) is 1.85. The molecule has 0 bridgehead atoms. The van der Waals surface area contributed by atoms with Gasteiger partial charge in [0.2, 0.25) is 0 Å². The summed E-state index contributed by atoms with van der Waals surface area (Å²) < 4.78 is 1.73. The summed E-state index contributed by atoms with van der Waals surface area (Å²) >= 11 is 0. The van der Waals surface area contributed by atoms with Crippen LogP contribution in [0.15, 0.2) is 24.5 Å². The van der Waals surface area contributed by atoms with Crippen molar-refractivity contribution < 1.29 is 0 Å². The highest BCUT2D eigenvalue weighted by Crippen LogP contribution is 2.32. The van der Waals surface area contributed by atoms with Crippen LogP contribution in [0.2, 0.25) is 0 Å². The molecule has 0 aromatic carbocycles. The molecule has 0 spiro atoms. The molecule has 0 saturated heterocycles. The van der Waals surface area contributed by atoms with Gasteiger partial charge in [-0.25, -0.2) is 0 Å². The third-order valence-electron chi connectivity index (χ3n) is 2.66. The van der Waals surface area contributed by atoms with Crippen molar-refractivity contribution in [3.05, 3.63) is 30.1 Å². The van der Waals surface area contributed by atoms with Gasteiger partial charge < -0.3 is 5.73 Å². The lowest BCUT2D eigenvalue weighted by atomic mass is 9.99. The van der Waals surface area contributed by atoms with E-state index in [9.17, 15) is 0 Å². The van der Waals surface area contributed by atoms with Crippen LogP contribution in [-0.2, 0) is 7.05 Å². The van der Waals surface area contributed by atoms with Crippen molar-refractivity contribution in [1.82, 2.24) is 14.8 Å². The highest BCUT2D eigenvalue weighted by Gasteiger charge is 2.17. The maximum Gasteiger partial charge on any atom is 0.125 e. The first kappa shape index (κ1) is 10.7. The number of anilines is 1. The molecule has 2 rings (SSSR count). The molecule has 0 aliphatic heterocycles. The molecule has 2 aromatic heterocycles. The normalized spacial score (nSPS) is 11.0. The second-order valence-electron chi connectivity index (χ2n) is 4.16. The van der Waals surface area contributed by atoms with Gasteiger partial charge in [0.05, 0.1) is 5.69 Å². The van der Waals surface area contributed by atoms with Crippen molar-refractivity contribution in [2.75, 3.05) is 5.73 Å². The lowest BCUT2D eigenvalue weighted by Gasteiger charge is -2.06. The Morgan fingerprint density at radius 2 is 1.88 bits per heavy atom. The third kappa shape index (κ3) is 1.66. The van der Waals surface area contributed by atoms with E-state index in [4.69, 9.17) is 5.73 Å². The lowest BCUT2D eigenvalue weighted by molar-refractivity contribution is 0.780. The monoisotopic (exact) mass is 216 g/mol. The number of rotatable bonds is 2. The van der Waals surface area contributed by atoms with Gasteiger partial charge in [-0.05, 0) is 18.1 Å². The predicted molar refractivity (Wildman–Crippen MR) is 64.9 cm³/mol. The molecule has 0 fully saturated rings. The van der Waals surface area contributed by atoms with E-state index in [1.54, 1.807) is 17.1 Å². The molecule has 84 valence electrons. The van der Waals surface area contributed by atoms with Gasteiger partial charge in [-0.1, -0.05) is 13.8 Å². The number of pyridine rings is 1. The van der Waals surface area contributed by atoms with E-state index in [1.165, 1.54) is 0 Å². The largest absolute Gasteiger partial charge is 0.384 e. The maximum atomic E-state index is 6.03. The average Bonchev–Trinajstić information content (AvgIpc) is 2.57. The first-order chi connectivity index (χ1) is 7.61. The number of aryl methyl sites for hydroxylation is 1. The minimum atomic E-state index is 0.358. The number of nitrogens with zero attached hydrogens (tertiary/aromatic N) is 3. The Morgan fingerprint density at radius 1 is 1.25 bits per heavy atom. The van der Waals surface area contributed by atoms with Crippen molar-refractivity contribution in [2.45, 2.75) is 19.8 Å². The standard InChI is InChI=1S/C12H16N4/c1-8(2)10-11(15-16(3)12(10)13)9-4-6-14-7-5-9/h4-8H,13H2,1-3H3. The van der Waals surface area contributed by atoms with E-state index >= 15 is 0 Å². The summed E-state index contributed by atoms with van der Waals surface area (Å²) in [5, 5.41) is 4.47. The molecule has 0 unspecified atom stereocenters. The van der Waals surface area contributed by atoms with Gasteiger partial charge in [-0.15, -0.1) is 0 Å². The molecule has 0 aliphatic carbocycles. The summed E-state index contributed by atoms with van der Waals surface area (Å²) in [6, 6.07) is 3.90. The first-order valence-corrected chi connectivity index (χ1v) is 5.34. The highest BCUT2D eigenvalue weighted by atomic mass is 15.3. The van der Waals surface area contributed by atoms with Gasteiger partial charge in [0.25, 0.3) is 0 Å². The summed E-state index contributed by atoms with van der Waals surface area (Å²) in [6.45, 7) is 4.25. The number of hydrogen-bond acceptors (Lipinski definition) is 3. The first-order valence-electron chi connectivity index (χ1n) is 5.34. The Morgan fingerprint density at radius 3 is 2.44 bits per heavy atom. The number of nitrogens with two attached hydrogens (primary N) is 1. The molecule has 4 nitrogen and oxygen atoms in total. The third-order valence-corrected chi connectivity index (χ3v) is 2.66. The summed E-state index contributed by atoms with van der Waals surface area (Å²) in [4.78, 5) is 4.01. The van der Waals surface area contributed by atoms with Gasteiger partial charge in [0.15, 0.2) is 0 Å². The van der Waals surface area contributed by atoms with Crippen LogP contribution in [0.5, 0.6) is 0 Å². The van der Waals surface area contributed by atoms with Crippen molar-refractivity contribution in [1.29, 1.82) is 0 Å². The highest BCUT2D eigenvalue weighted by molar-refractivity contribution is 5.68. The minimum Gasteiger partial charge on any atom is -0.384 e. The minimum absolute atomic E-state index is 0.358. The lowest BCUT2D eigenvalue weighted by Crippen LogP contribution is -2.00. The molecule has 0 radical (unpaired) electrons. The summed E-state index contributed by atoms with van der Waals surface area (Å²) in [5.74, 6) is 1.10. The summed E-state index contributed by atoms with van der Waals surface area (Å²) in [7, 11) is 1.87. The van der Waals surface area contributed by atoms with E-state index in [2.05, 4.69) is 23.9 Å². The van der Waals surface area contributed by atoms with Gasteiger partial charge in [0, 0.05) is 30.6 Å². The van der Waals surface area contributed by atoms with Crippen LogP contribution in [0, 0.1) is 0 Å². The van der Waals surface area contributed by atoms with Crippen LogP contribution >= 0.6 is 0 Å². The molecule has 2 N–H and O–H groups in total. The second-order valence-corrected chi connectivity index (χ2v) is 4.16. The Balaban J connectivity index is 2.62. The van der Waals surface area contributed by atoms with Gasteiger partial charge in [-0.2, -0.15) is 5.10 Å². The average molecular weight is 216 g/mol. The smallest absolute Gasteiger partial charge is 0.125 e. The van der Waals surface area contributed by atoms with Crippen LogP contribution in [0.1, 0.15) is 25.3 Å². The molecule has 4 heteroatoms. The Kier molecular flexibility index (Phi) is 2.64. The second kappa shape index (κ2) is 3.96. The molecular weight excluding hydrogens is 200 g/mol. The predicted octanol–water partition coefficient (Wildman–Crippen LogP) is 2.19. The number of hydrogen-bond donors (Lipinski definition) is 1. The summed E-state index contributed by atoms with van der Waals surface area (Å²) in [6.07, 6.45) is 3.54. The van der Waals surface area contributed by atoms with Crippen LogP contribution in [0.25, 0.3) is 11.3 Å². The molecule has 2 aromatic rings. The van der Waals surface area contributed by atoms with E-state index in [0.29, 0.717) is 5.92 Å². The van der Waals surface area contributed by atoms with Gasteiger partial charge >= 0.3 is 0 Å². The molecule has 16 heavy (non-hydrogen) atoms. The quantitative estimate of drug-likeness (QED) is 0.837. The topological polar surface area (TPSA) is 56.7 Å². The zero-order valence-corrected chi connectivity index (χ0v) is 9.81. The molecule has 0 saturated carbocycles. The van der Waals surface area contributed by atoms with Crippen LogP contribution in [0.3, 0.4) is 0 Å². The Bertz CT molecular complexity index is 485. The van der Waals surface area contributed by atoms with E-state index < -0.39 is 0 Å². The van der Waals surface area contributed by atoms with Crippen molar-refractivity contribution in [3.63, 3.8) is 0 Å². The number of aromatic nitrogens is 3. The Labute approximate surface area is 95.1 Å². The fourth-order valence-electron chi connectivity index (χ4n) is 1.85. The van der Waals surface area contributed by atoms with Crippen LogP contribution < -0.4 is 5.73 Å². The van der Waals surface area contributed by atoms with E-state index in [0.717, 1.165) is 22.6 Å². The summed E-state index contributed by atoms with van der Waals surface area (Å²) in [5.41, 5.74) is 9.15. The molecule has 0 atom stereocenters. The molecule has 2 heterocycles. The van der Waals surface area contributed by atoms with Crippen LogP contribution in [0.4, 0.5) is 5.82 Å². The SMILES string of the molecule is CC(C)c1c(-c2ccncc2)nn(C)c1N. The maximum absolute atomic E-state index is 6.03. The van der Waals surface area contributed by atoms with Gasteiger partial charge in [0.1, 0.15) is 5.82 Å². The Hall–Kier alpha value is -1.84. The van der Waals surface area contributed by atoms with Crippen LogP contribution in [-0.4, -0.2) is 14.8 Å². The van der Waals surface area contributed by atoms with E-state index in [-0.39, 0.29) is 0 Å². The number of nitrogen functional groups attached to an aromatic ring is 1. The van der Waals surface area contributed by atoms with E-state index in [1.807, 2.05) is 19.2 Å². The zero-order chi connectivity index (χ0) is 11.7. The molecule has 0 aliphatic rings.